The van der Waals surface area contributed by atoms with Gasteiger partial charge in [0.25, 0.3) is 5.91 Å². The predicted octanol–water partition coefficient (Wildman–Crippen LogP) is 4.02. The van der Waals surface area contributed by atoms with E-state index in [-0.39, 0.29) is 23.6 Å². The van der Waals surface area contributed by atoms with E-state index in [1.165, 1.54) is 0 Å². The number of methoxy groups -OCH3 is 1. The number of hydrogen-bond acceptors (Lipinski definition) is 5. The van der Waals surface area contributed by atoms with Crippen molar-refractivity contribution in [1.82, 2.24) is 4.90 Å². The van der Waals surface area contributed by atoms with Gasteiger partial charge in [-0.3, -0.25) is 19.3 Å². The summed E-state index contributed by atoms with van der Waals surface area (Å²) in [4.78, 5) is 45.6. The smallest absolute Gasteiger partial charge is 0.251 e. The molecule has 2 spiro atoms. The molecular weight excluding hydrogens is 466 g/mol. The predicted molar refractivity (Wildman–Crippen MR) is 139 cm³/mol. The van der Waals surface area contributed by atoms with Gasteiger partial charge in [0.05, 0.1) is 13.0 Å². The lowest BCUT2D eigenvalue weighted by atomic mass is 9.57. The first kappa shape index (κ1) is 22.2. The third-order valence-corrected chi connectivity index (χ3v) is 8.98. The second-order valence-electron chi connectivity index (χ2n) is 10.4. The maximum Gasteiger partial charge on any atom is 0.251 e. The molecule has 4 heterocycles. The zero-order valence-corrected chi connectivity index (χ0v) is 20.7. The van der Waals surface area contributed by atoms with E-state index in [9.17, 15) is 14.4 Å². The van der Waals surface area contributed by atoms with E-state index in [0.29, 0.717) is 29.1 Å². The quantitative estimate of drug-likeness (QED) is 0.538. The van der Waals surface area contributed by atoms with Gasteiger partial charge in [-0.15, -0.1) is 0 Å². The van der Waals surface area contributed by atoms with Crippen molar-refractivity contribution in [1.29, 1.82) is 0 Å². The van der Waals surface area contributed by atoms with Crippen LogP contribution in [-0.4, -0.2) is 42.2 Å². The summed E-state index contributed by atoms with van der Waals surface area (Å²) in [6.45, 7) is 2.59. The molecule has 0 radical (unpaired) electrons. The number of ether oxygens (including phenoxy) is 1. The van der Waals surface area contributed by atoms with E-state index in [4.69, 9.17) is 4.74 Å². The molecule has 0 bridgehead atoms. The molecule has 186 valence electrons. The molecule has 7 nitrogen and oxygen atoms in total. The highest BCUT2D eigenvalue weighted by Crippen LogP contribution is 2.68. The number of aryl methyl sites for hydroxylation is 1. The van der Waals surface area contributed by atoms with E-state index >= 15 is 0 Å². The van der Waals surface area contributed by atoms with Crippen LogP contribution >= 0.6 is 0 Å². The molecule has 7 heteroatoms. The molecule has 2 amide bonds. The van der Waals surface area contributed by atoms with Gasteiger partial charge in [0.15, 0.2) is 5.78 Å². The number of rotatable bonds is 3. The number of ketones is 1. The molecule has 4 aliphatic rings. The lowest BCUT2D eigenvalue weighted by Crippen LogP contribution is -2.62. The summed E-state index contributed by atoms with van der Waals surface area (Å²) in [6, 6.07) is 20.2. The topological polar surface area (TPSA) is 87.7 Å². The Morgan fingerprint density at radius 2 is 1.76 bits per heavy atom. The number of nitrogens with one attached hydrogen (secondary N) is 2. The van der Waals surface area contributed by atoms with Crippen molar-refractivity contribution in [3.05, 3.63) is 89.0 Å². The summed E-state index contributed by atoms with van der Waals surface area (Å²) < 4.78 is 5.41. The maximum atomic E-state index is 14.6. The van der Waals surface area contributed by atoms with Crippen molar-refractivity contribution in [2.75, 3.05) is 24.3 Å². The molecule has 7 rings (SSSR count). The minimum absolute atomic E-state index is 0.145. The zero-order valence-electron chi connectivity index (χ0n) is 20.7. The first-order valence-corrected chi connectivity index (χ1v) is 12.7. The normalized spacial score (nSPS) is 29.2. The fourth-order valence-corrected chi connectivity index (χ4v) is 7.71. The Kier molecular flexibility index (Phi) is 4.52. The van der Waals surface area contributed by atoms with Gasteiger partial charge in [-0.1, -0.05) is 48.5 Å². The van der Waals surface area contributed by atoms with Gasteiger partial charge in [-0.25, -0.2) is 0 Å². The van der Waals surface area contributed by atoms with Crippen molar-refractivity contribution in [2.45, 2.75) is 36.8 Å². The molecule has 4 aliphatic heterocycles. The Morgan fingerprint density at radius 1 is 0.973 bits per heavy atom. The monoisotopic (exact) mass is 493 g/mol. The lowest BCUT2D eigenvalue weighted by Gasteiger charge is -2.43. The van der Waals surface area contributed by atoms with Crippen LogP contribution in [0.25, 0.3) is 0 Å². The van der Waals surface area contributed by atoms with Gasteiger partial charge in [-0.05, 0) is 55.6 Å². The van der Waals surface area contributed by atoms with Crippen molar-refractivity contribution >= 4 is 29.0 Å². The van der Waals surface area contributed by atoms with Crippen LogP contribution in [0.2, 0.25) is 0 Å². The third-order valence-electron chi connectivity index (χ3n) is 8.98. The Balaban J connectivity index is 1.58. The molecule has 3 aromatic carbocycles. The molecular formula is C30H27N3O4. The fraction of sp³-hybridized carbons (Fsp3) is 0.300. The van der Waals surface area contributed by atoms with Gasteiger partial charge in [0, 0.05) is 28.5 Å². The number of Topliss-reactive ketones (excluding diaryl/α,β-unsaturated/α-hetero) is 1. The summed E-state index contributed by atoms with van der Waals surface area (Å²) in [5.74, 6) is -0.867. The van der Waals surface area contributed by atoms with E-state index in [2.05, 4.69) is 15.5 Å². The highest BCUT2D eigenvalue weighted by molar-refractivity contribution is 6.21. The lowest BCUT2D eigenvalue weighted by molar-refractivity contribution is -0.137. The molecule has 0 unspecified atom stereocenters. The maximum absolute atomic E-state index is 14.6. The minimum Gasteiger partial charge on any atom is -0.497 e. The number of carbonyl (C=O) groups excluding carboxylic acids is 3. The van der Waals surface area contributed by atoms with Gasteiger partial charge in [0.2, 0.25) is 5.91 Å². The highest BCUT2D eigenvalue weighted by Gasteiger charge is 2.81. The molecule has 2 fully saturated rings. The van der Waals surface area contributed by atoms with E-state index < -0.39 is 16.9 Å². The molecule has 4 atom stereocenters. The van der Waals surface area contributed by atoms with Crippen molar-refractivity contribution in [2.24, 2.45) is 5.92 Å². The van der Waals surface area contributed by atoms with Crippen LogP contribution < -0.4 is 15.4 Å². The molecule has 2 saturated heterocycles. The summed E-state index contributed by atoms with van der Waals surface area (Å²) in [7, 11) is 1.57. The summed E-state index contributed by atoms with van der Waals surface area (Å²) in [5, 5.41) is 6.21. The van der Waals surface area contributed by atoms with Gasteiger partial charge in [0.1, 0.15) is 16.7 Å². The van der Waals surface area contributed by atoms with E-state index in [1.807, 2.05) is 49.4 Å². The third kappa shape index (κ3) is 2.48. The second-order valence-corrected chi connectivity index (χ2v) is 10.4. The number of amides is 2. The van der Waals surface area contributed by atoms with Gasteiger partial charge >= 0.3 is 0 Å². The van der Waals surface area contributed by atoms with Crippen LogP contribution in [0.4, 0.5) is 11.4 Å². The Hall–Kier alpha value is -3.97. The van der Waals surface area contributed by atoms with Gasteiger partial charge < -0.3 is 15.4 Å². The van der Waals surface area contributed by atoms with Crippen molar-refractivity contribution < 1.29 is 19.1 Å². The van der Waals surface area contributed by atoms with Crippen LogP contribution in [0.15, 0.2) is 66.7 Å². The first-order valence-electron chi connectivity index (χ1n) is 12.7. The molecule has 37 heavy (non-hydrogen) atoms. The number of hydrogen-bond donors (Lipinski definition) is 2. The fourth-order valence-electron chi connectivity index (χ4n) is 7.71. The summed E-state index contributed by atoms with van der Waals surface area (Å²) >= 11 is 0. The van der Waals surface area contributed by atoms with Crippen molar-refractivity contribution in [3.8, 4) is 5.75 Å². The second kappa shape index (κ2) is 7.52. The number of fused-ring (bicyclic) bond motifs is 7. The Bertz CT molecular complexity index is 1520. The van der Waals surface area contributed by atoms with Crippen LogP contribution in [-0.2, 0) is 20.5 Å². The molecule has 2 N–H and O–H groups in total. The summed E-state index contributed by atoms with van der Waals surface area (Å²) in [5.41, 5.74) is 1.52. The Morgan fingerprint density at radius 3 is 2.59 bits per heavy atom. The van der Waals surface area contributed by atoms with Crippen LogP contribution in [0, 0.1) is 12.8 Å². The molecule has 3 aromatic rings. The number of para-hydroxylation sites is 2. The van der Waals surface area contributed by atoms with Crippen LogP contribution in [0.1, 0.15) is 39.9 Å². The van der Waals surface area contributed by atoms with Gasteiger partial charge in [-0.2, -0.15) is 0 Å². The zero-order chi connectivity index (χ0) is 25.5. The van der Waals surface area contributed by atoms with Crippen LogP contribution in [0.3, 0.4) is 0 Å². The summed E-state index contributed by atoms with van der Waals surface area (Å²) in [6.07, 6.45) is 1.58. The SMILES string of the molecule is COc1cccc(C(=O)[C@@H]2[C@H]3CCCN3[C@@]3(C(=O)Nc4c(C)cccc43)[C@@]23C(=O)Nc2ccccc23)c1. The average Bonchev–Trinajstić information content (AvgIpc) is 3.63. The molecule has 0 aromatic heterocycles. The standard InChI is InChI=1S/C30H27N3O4/c1-17-8-5-12-21-25(17)32-28(36)30(21)29(20-11-3-4-13-22(20)31-27(29)35)24(23-14-7-15-33(23)30)26(34)18-9-6-10-19(16-18)37-2/h3-6,8-13,16,23-24H,7,14-15H2,1-2H3,(H,31,35)(H,32,36)/t23-,24+,29-,30+/m1/s1. The van der Waals surface area contributed by atoms with E-state index in [0.717, 1.165) is 29.7 Å². The number of benzene rings is 3. The average molecular weight is 494 g/mol. The molecule has 0 saturated carbocycles. The minimum atomic E-state index is -1.43. The van der Waals surface area contributed by atoms with Crippen molar-refractivity contribution in [3.63, 3.8) is 0 Å². The highest BCUT2D eigenvalue weighted by atomic mass is 16.5. The van der Waals surface area contributed by atoms with E-state index in [1.54, 1.807) is 31.4 Å². The largest absolute Gasteiger partial charge is 0.497 e. The number of anilines is 2. The molecule has 0 aliphatic carbocycles. The van der Waals surface area contributed by atoms with Crippen LogP contribution in [0.5, 0.6) is 5.75 Å². The number of nitrogens with zero attached hydrogens (tertiary/aromatic N) is 1. The Labute approximate surface area is 214 Å². The number of carbonyl (C=O) groups is 3. The first-order chi connectivity index (χ1) is 18.0.